The Kier molecular flexibility index (Phi) is 7.60. The minimum Gasteiger partial charge on any atom is -0.375 e. The number of benzene rings is 1. The fourth-order valence-corrected chi connectivity index (χ4v) is 1.76. The van der Waals surface area contributed by atoms with Crippen molar-refractivity contribution < 1.29 is 9.53 Å². The van der Waals surface area contributed by atoms with E-state index in [9.17, 15) is 4.79 Å². The molecule has 1 amide bonds. The van der Waals surface area contributed by atoms with Gasteiger partial charge in [0.1, 0.15) is 6.61 Å². The van der Waals surface area contributed by atoms with E-state index in [1.807, 2.05) is 12.1 Å². The average Bonchev–Trinajstić information content (AvgIpc) is 2.45. The van der Waals surface area contributed by atoms with Crippen LogP contribution in [0, 0.1) is 0 Å². The highest BCUT2D eigenvalue weighted by molar-refractivity contribution is 7.80. The van der Waals surface area contributed by atoms with E-state index in [-0.39, 0.29) is 12.5 Å². The average molecular weight is 295 g/mol. The van der Waals surface area contributed by atoms with Crippen molar-refractivity contribution in [1.82, 2.24) is 10.9 Å². The van der Waals surface area contributed by atoms with Gasteiger partial charge in [0.05, 0.1) is 0 Å². The molecule has 5 nitrogen and oxygen atoms in total. The first-order valence-corrected chi connectivity index (χ1v) is 7.00. The fourth-order valence-electron chi connectivity index (χ4n) is 1.59. The first kappa shape index (κ1) is 16.4. The molecule has 0 heterocycles. The molecule has 3 N–H and O–H groups in total. The van der Waals surface area contributed by atoms with E-state index in [1.165, 1.54) is 25.5 Å². The molecule has 0 radical (unpaired) electrons. The fraction of sp³-hybridized carbons (Fsp3) is 0.429. The van der Waals surface area contributed by atoms with Gasteiger partial charge in [-0.3, -0.25) is 15.6 Å². The van der Waals surface area contributed by atoms with Crippen molar-refractivity contribution >= 4 is 28.9 Å². The third kappa shape index (κ3) is 6.49. The Bertz CT molecular complexity index is 435. The zero-order valence-electron chi connectivity index (χ0n) is 11.9. The van der Waals surface area contributed by atoms with Gasteiger partial charge in [-0.25, -0.2) is 0 Å². The largest absolute Gasteiger partial charge is 0.375 e. The molecule has 0 fully saturated rings. The highest BCUT2D eigenvalue weighted by Crippen LogP contribution is 2.11. The number of carbonyl (C=O) groups is 1. The molecular weight excluding hydrogens is 274 g/mol. The number of amides is 1. The van der Waals surface area contributed by atoms with Crippen LogP contribution in [0.15, 0.2) is 24.3 Å². The van der Waals surface area contributed by atoms with Crippen LogP contribution in [0.5, 0.6) is 0 Å². The van der Waals surface area contributed by atoms with Crippen molar-refractivity contribution in [3.8, 4) is 0 Å². The summed E-state index contributed by atoms with van der Waals surface area (Å²) in [5, 5.41) is 3.32. The van der Waals surface area contributed by atoms with E-state index in [4.69, 9.17) is 12.2 Å². The number of hydrogen-bond acceptors (Lipinski definition) is 3. The third-order valence-corrected chi connectivity index (χ3v) is 2.83. The molecule has 0 unspecified atom stereocenters. The van der Waals surface area contributed by atoms with Crippen molar-refractivity contribution in [3.63, 3.8) is 0 Å². The van der Waals surface area contributed by atoms with Crippen LogP contribution in [-0.2, 0) is 16.0 Å². The van der Waals surface area contributed by atoms with Gasteiger partial charge in [0.2, 0.25) is 0 Å². The van der Waals surface area contributed by atoms with Gasteiger partial charge in [-0.2, -0.15) is 0 Å². The van der Waals surface area contributed by atoms with Crippen LogP contribution in [-0.4, -0.2) is 24.7 Å². The van der Waals surface area contributed by atoms with Crippen molar-refractivity contribution in [2.75, 3.05) is 19.0 Å². The SMILES string of the molecule is CCCCc1ccc(NC(=S)NNC(=O)COC)cc1. The van der Waals surface area contributed by atoms with E-state index in [1.54, 1.807) is 0 Å². The van der Waals surface area contributed by atoms with Gasteiger partial charge in [-0.1, -0.05) is 25.5 Å². The number of ether oxygens (including phenoxy) is 1. The first-order chi connectivity index (χ1) is 9.65. The molecule has 0 saturated carbocycles. The molecule has 0 bridgehead atoms. The van der Waals surface area contributed by atoms with Gasteiger partial charge in [0, 0.05) is 12.8 Å². The maximum absolute atomic E-state index is 11.2. The van der Waals surface area contributed by atoms with E-state index in [2.05, 4.69) is 40.0 Å². The van der Waals surface area contributed by atoms with E-state index >= 15 is 0 Å². The second-order valence-electron chi connectivity index (χ2n) is 4.36. The number of nitrogens with one attached hydrogen (secondary N) is 3. The van der Waals surface area contributed by atoms with Crippen molar-refractivity contribution in [2.45, 2.75) is 26.2 Å². The molecule has 0 aliphatic rings. The number of rotatable bonds is 6. The number of hydrogen-bond donors (Lipinski definition) is 3. The maximum Gasteiger partial charge on any atom is 0.264 e. The summed E-state index contributed by atoms with van der Waals surface area (Å²) in [6, 6.07) is 8.08. The minimum atomic E-state index is -0.286. The number of hydrazine groups is 1. The van der Waals surface area contributed by atoms with Crippen LogP contribution in [0.2, 0.25) is 0 Å². The van der Waals surface area contributed by atoms with Crippen LogP contribution in [0.3, 0.4) is 0 Å². The second kappa shape index (κ2) is 9.28. The van der Waals surface area contributed by atoms with Crippen LogP contribution in [0.4, 0.5) is 5.69 Å². The lowest BCUT2D eigenvalue weighted by molar-refractivity contribution is -0.125. The molecule has 6 heteroatoms. The molecule has 0 aromatic heterocycles. The smallest absolute Gasteiger partial charge is 0.264 e. The summed E-state index contributed by atoms with van der Waals surface area (Å²) < 4.78 is 4.68. The zero-order valence-corrected chi connectivity index (χ0v) is 12.7. The molecule has 110 valence electrons. The number of aryl methyl sites for hydroxylation is 1. The van der Waals surface area contributed by atoms with Crippen molar-refractivity contribution in [1.29, 1.82) is 0 Å². The predicted molar refractivity (Wildman–Crippen MR) is 84.4 cm³/mol. The summed E-state index contributed by atoms with van der Waals surface area (Å²) in [4.78, 5) is 11.2. The molecule has 20 heavy (non-hydrogen) atoms. The van der Waals surface area contributed by atoms with Gasteiger partial charge in [-0.15, -0.1) is 0 Å². The van der Waals surface area contributed by atoms with Crippen LogP contribution < -0.4 is 16.2 Å². The quantitative estimate of drug-likeness (QED) is 0.553. The van der Waals surface area contributed by atoms with Gasteiger partial charge in [-0.05, 0) is 42.8 Å². The van der Waals surface area contributed by atoms with E-state index < -0.39 is 0 Å². The molecule has 1 aromatic rings. The number of methoxy groups -OCH3 is 1. The third-order valence-electron chi connectivity index (χ3n) is 2.62. The Balaban J connectivity index is 2.36. The summed E-state index contributed by atoms with van der Waals surface area (Å²) >= 11 is 5.06. The van der Waals surface area contributed by atoms with Gasteiger partial charge in [0.15, 0.2) is 5.11 Å². The zero-order chi connectivity index (χ0) is 14.8. The Morgan fingerprint density at radius 1 is 1.25 bits per heavy atom. The monoisotopic (exact) mass is 295 g/mol. The van der Waals surface area contributed by atoms with Crippen LogP contribution in [0.25, 0.3) is 0 Å². The summed E-state index contributed by atoms with van der Waals surface area (Å²) in [7, 11) is 1.45. The van der Waals surface area contributed by atoms with Crippen molar-refractivity contribution in [3.05, 3.63) is 29.8 Å². The summed E-state index contributed by atoms with van der Waals surface area (Å²) in [6.07, 6.45) is 3.47. The van der Waals surface area contributed by atoms with E-state index in [0.717, 1.165) is 12.1 Å². The highest BCUT2D eigenvalue weighted by atomic mass is 32.1. The van der Waals surface area contributed by atoms with E-state index in [0.29, 0.717) is 5.11 Å². The standard InChI is InChI=1S/C14H21N3O2S/c1-3-4-5-11-6-8-12(9-7-11)15-14(20)17-16-13(18)10-19-2/h6-9H,3-5,10H2,1-2H3,(H,16,18)(H2,15,17,20). The minimum absolute atomic E-state index is 0.0122. The molecule has 0 spiro atoms. The maximum atomic E-state index is 11.2. The van der Waals surface area contributed by atoms with Gasteiger partial charge in [0.25, 0.3) is 5.91 Å². The summed E-state index contributed by atoms with van der Waals surface area (Å²) in [5.74, 6) is -0.286. The lowest BCUT2D eigenvalue weighted by Crippen LogP contribution is -2.45. The molecule has 0 saturated heterocycles. The molecular formula is C14H21N3O2S. The Hall–Kier alpha value is -1.66. The number of anilines is 1. The molecule has 1 rings (SSSR count). The van der Waals surface area contributed by atoms with Crippen LogP contribution in [0.1, 0.15) is 25.3 Å². The molecule has 0 aliphatic heterocycles. The molecule has 0 atom stereocenters. The predicted octanol–water partition coefficient (Wildman–Crippen LogP) is 1.99. The van der Waals surface area contributed by atoms with Gasteiger partial charge < -0.3 is 10.1 Å². The lowest BCUT2D eigenvalue weighted by atomic mass is 10.1. The first-order valence-electron chi connectivity index (χ1n) is 6.59. The normalized spacial score (nSPS) is 9.90. The topological polar surface area (TPSA) is 62.4 Å². The molecule has 0 aliphatic carbocycles. The Labute approximate surface area is 125 Å². The Morgan fingerprint density at radius 2 is 1.95 bits per heavy atom. The van der Waals surface area contributed by atoms with Gasteiger partial charge >= 0.3 is 0 Å². The van der Waals surface area contributed by atoms with Crippen LogP contribution >= 0.6 is 12.2 Å². The highest BCUT2D eigenvalue weighted by Gasteiger charge is 2.01. The lowest BCUT2D eigenvalue weighted by Gasteiger charge is -2.11. The molecule has 1 aromatic carbocycles. The van der Waals surface area contributed by atoms with Crippen molar-refractivity contribution in [2.24, 2.45) is 0 Å². The second-order valence-corrected chi connectivity index (χ2v) is 4.77. The number of carbonyl (C=O) groups excluding carboxylic acids is 1. The summed E-state index contributed by atoms with van der Waals surface area (Å²) in [5.41, 5.74) is 7.22. The Morgan fingerprint density at radius 3 is 2.55 bits per heavy atom. The summed E-state index contributed by atoms with van der Waals surface area (Å²) in [6.45, 7) is 2.17. The number of unbranched alkanes of at least 4 members (excludes halogenated alkanes) is 1. The number of thiocarbonyl (C=S) groups is 1.